The largest absolute Gasteiger partial charge is 0.479 e. The number of rotatable bonds is 5. The Balaban J connectivity index is 2.06. The Kier molecular flexibility index (Phi) is 4.44. The minimum Gasteiger partial charge on any atom is -0.479 e. The SMILES string of the molecule is O=C(Cc1ccncc1)NC(C(=O)O)c1ccccc1. The molecule has 1 atom stereocenters. The van der Waals surface area contributed by atoms with Gasteiger partial charge in [0.15, 0.2) is 6.04 Å². The topological polar surface area (TPSA) is 79.3 Å². The summed E-state index contributed by atoms with van der Waals surface area (Å²) in [6.07, 6.45) is 3.31. The number of amides is 1. The van der Waals surface area contributed by atoms with E-state index in [1.54, 1.807) is 54.9 Å². The van der Waals surface area contributed by atoms with Crippen molar-refractivity contribution in [2.75, 3.05) is 0 Å². The minimum atomic E-state index is -1.08. The van der Waals surface area contributed by atoms with Crippen LogP contribution in [0.4, 0.5) is 0 Å². The van der Waals surface area contributed by atoms with Gasteiger partial charge < -0.3 is 10.4 Å². The molecule has 5 nitrogen and oxygen atoms in total. The Morgan fingerprint density at radius 1 is 1.10 bits per heavy atom. The van der Waals surface area contributed by atoms with Gasteiger partial charge in [0.25, 0.3) is 0 Å². The van der Waals surface area contributed by atoms with E-state index in [4.69, 9.17) is 0 Å². The Morgan fingerprint density at radius 3 is 2.35 bits per heavy atom. The molecule has 1 aromatic heterocycles. The summed E-state index contributed by atoms with van der Waals surface area (Å²) in [6.45, 7) is 0. The lowest BCUT2D eigenvalue weighted by atomic mass is 10.1. The van der Waals surface area contributed by atoms with Gasteiger partial charge in [0, 0.05) is 12.4 Å². The van der Waals surface area contributed by atoms with Gasteiger partial charge >= 0.3 is 5.97 Å². The fourth-order valence-electron chi connectivity index (χ4n) is 1.83. The number of hydrogen-bond acceptors (Lipinski definition) is 3. The zero-order chi connectivity index (χ0) is 14.4. The van der Waals surface area contributed by atoms with Gasteiger partial charge in [0.2, 0.25) is 5.91 Å². The van der Waals surface area contributed by atoms with Gasteiger partial charge in [0.05, 0.1) is 6.42 Å². The van der Waals surface area contributed by atoms with E-state index >= 15 is 0 Å². The van der Waals surface area contributed by atoms with Crippen molar-refractivity contribution in [3.8, 4) is 0 Å². The smallest absolute Gasteiger partial charge is 0.330 e. The molecule has 0 spiro atoms. The normalized spacial score (nSPS) is 11.6. The van der Waals surface area contributed by atoms with E-state index in [0.29, 0.717) is 5.56 Å². The van der Waals surface area contributed by atoms with E-state index in [-0.39, 0.29) is 12.3 Å². The standard InChI is InChI=1S/C15H14N2O3/c18-13(10-11-6-8-16-9-7-11)17-14(15(19)20)12-4-2-1-3-5-12/h1-9,14H,10H2,(H,17,18)(H,19,20). The number of nitrogens with one attached hydrogen (secondary N) is 1. The number of carboxylic acids is 1. The van der Waals surface area contributed by atoms with Crippen LogP contribution in [0.15, 0.2) is 54.9 Å². The number of carbonyl (C=O) groups excluding carboxylic acids is 1. The van der Waals surface area contributed by atoms with Gasteiger partial charge in [-0.05, 0) is 23.3 Å². The highest BCUT2D eigenvalue weighted by Crippen LogP contribution is 2.13. The molecule has 1 unspecified atom stereocenters. The summed E-state index contributed by atoms with van der Waals surface area (Å²) in [5.74, 6) is -1.42. The van der Waals surface area contributed by atoms with Crippen LogP contribution in [-0.2, 0) is 16.0 Å². The van der Waals surface area contributed by atoms with E-state index in [1.807, 2.05) is 0 Å². The Bertz CT molecular complexity index is 585. The monoisotopic (exact) mass is 270 g/mol. The van der Waals surface area contributed by atoms with Gasteiger partial charge in [-0.15, -0.1) is 0 Å². The summed E-state index contributed by atoms with van der Waals surface area (Å²) in [4.78, 5) is 27.0. The predicted molar refractivity (Wildman–Crippen MR) is 72.9 cm³/mol. The highest BCUT2D eigenvalue weighted by molar-refractivity contribution is 5.85. The lowest BCUT2D eigenvalue weighted by Gasteiger charge is -2.14. The quantitative estimate of drug-likeness (QED) is 0.864. The molecule has 1 aromatic carbocycles. The van der Waals surface area contributed by atoms with Crippen LogP contribution in [0, 0.1) is 0 Å². The number of carboxylic acid groups (broad SMARTS) is 1. The minimum absolute atomic E-state index is 0.124. The van der Waals surface area contributed by atoms with Crippen LogP contribution in [0.25, 0.3) is 0 Å². The number of carbonyl (C=O) groups is 2. The average molecular weight is 270 g/mol. The molecule has 2 rings (SSSR count). The molecular weight excluding hydrogens is 256 g/mol. The molecule has 0 saturated heterocycles. The third-order valence-corrected chi connectivity index (χ3v) is 2.80. The molecule has 0 aliphatic carbocycles. The maximum absolute atomic E-state index is 11.9. The van der Waals surface area contributed by atoms with Crippen molar-refractivity contribution in [2.24, 2.45) is 0 Å². The van der Waals surface area contributed by atoms with Crippen LogP contribution in [0.2, 0.25) is 0 Å². The zero-order valence-corrected chi connectivity index (χ0v) is 10.7. The summed E-state index contributed by atoms with van der Waals surface area (Å²) < 4.78 is 0. The second-order valence-corrected chi connectivity index (χ2v) is 4.28. The van der Waals surface area contributed by atoms with Crippen molar-refractivity contribution in [3.05, 3.63) is 66.0 Å². The number of nitrogens with zero attached hydrogens (tertiary/aromatic N) is 1. The van der Waals surface area contributed by atoms with E-state index in [2.05, 4.69) is 10.3 Å². The van der Waals surface area contributed by atoms with Crippen LogP contribution in [0.5, 0.6) is 0 Å². The van der Waals surface area contributed by atoms with Crippen LogP contribution >= 0.6 is 0 Å². The first-order valence-electron chi connectivity index (χ1n) is 6.13. The van der Waals surface area contributed by atoms with Crippen molar-refractivity contribution >= 4 is 11.9 Å². The molecule has 0 saturated carbocycles. The Morgan fingerprint density at radius 2 is 1.75 bits per heavy atom. The Labute approximate surface area is 116 Å². The summed E-state index contributed by atoms with van der Waals surface area (Å²) in [5.41, 5.74) is 1.33. The van der Waals surface area contributed by atoms with Gasteiger partial charge in [-0.1, -0.05) is 30.3 Å². The van der Waals surface area contributed by atoms with E-state index < -0.39 is 12.0 Å². The Hall–Kier alpha value is -2.69. The highest BCUT2D eigenvalue weighted by atomic mass is 16.4. The molecule has 2 N–H and O–H groups in total. The number of aromatic nitrogens is 1. The highest BCUT2D eigenvalue weighted by Gasteiger charge is 2.21. The third-order valence-electron chi connectivity index (χ3n) is 2.80. The second kappa shape index (κ2) is 6.47. The molecule has 0 aliphatic rings. The number of hydrogen-bond donors (Lipinski definition) is 2. The van der Waals surface area contributed by atoms with Crippen molar-refractivity contribution < 1.29 is 14.7 Å². The molecule has 5 heteroatoms. The van der Waals surface area contributed by atoms with Crippen molar-refractivity contribution in [3.63, 3.8) is 0 Å². The molecule has 102 valence electrons. The molecule has 0 aliphatic heterocycles. The van der Waals surface area contributed by atoms with Crippen LogP contribution in [0.3, 0.4) is 0 Å². The molecule has 2 aromatic rings. The number of pyridine rings is 1. The lowest BCUT2D eigenvalue weighted by Crippen LogP contribution is -2.34. The first-order chi connectivity index (χ1) is 9.66. The summed E-state index contributed by atoms with van der Waals surface area (Å²) >= 11 is 0. The summed E-state index contributed by atoms with van der Waals surface area (Å²) in [6, 6.07) is 11.0. The molecule has 1 heterocycles. The van der Waals surface area contributed by atoms with E-state index in [1.165, 1.54) is 0 Å². The zero-order valence-electron chi connectivity index (χ0n) is 10.7. The first kappa shape index (κ1) is 13.7. The third kappa shape index (κ3) is 3.65. The fourth-order valence-corrected chi connectivity index (χ4v) is 1.83. The van der Waals surface area contributed by atoms with Crippen molar-refractivity contribution in [2.45, 2.75) is 12.5 Å². The van der Waals surface area contributed by atoms with Gasteiger partial charge in [-0.2, -0.15) is 0 Å². The summed E-state index contributed by atoms with van der Waals surface area (Å²) in [7, 11) is 0. The molecule has 0 bridgehead atoms. The average Bonchev–Trinajstić information content (AvgIpc) is 2.46. The van der Waals surface area contributed by atoms with Gasteiger partial charge in [-0.25, -0.2) is 4.79 Å². The fraction of sp³-hybridized carbons (Fsp3) is 0.133. The number of benzene rings is 1. The lowest BCUT2D eigenvalue weighted by molar-refractivity contribution is -0.141. The second-order valence-electron chi connectivity index (χ2n) is 4.28. The maximum atomic E-state index is 11.9. The molecule has 20 heavy (non-hydrogen) atoms. The summed E-state index contributed by atoms with van der Waals surface area (Å²) in [5, 5.41) is 11.7. The van der Waals surface area contributed by atoms with Crippen molar-refractivity contribution in [1.29, 1.82) is 0 Å². The van der Waals surface area contributed by atoms with Crippen LogP contribution < -0.4 is 5.32 Å². The molecule has 0 radical (unpaired) electrons. The molecule has 0 fully saturated rings. The van der Waals surface area contributed by atoms with Crippen molar-refractivity contribution in [1.82, 2.24) is 10.3 Å². The van der Waals surface area contributed by atoms with E-state index in [9.17, 15) is 14.7 Å². The van der Waals surface area contributed by atoms with Gasteiger partial charge in [0.1, 0.15) is 0 Å². The van der Waals surface area contributed by atoms with Gasteiger partial charge in [-0.3, -0.25) is 9.78 Å². The van der Waals surface area contributed by atoms with E-state index in [0.717, 1.165) is 5.56 Å². The first-order valence-corrected chi connectivity index (χ1v) is 6.13. The molecular formula is C15H14N2O3. The van der Waals surface area contributed by atoms with Crippen LogP contribution in [0.1, 0.15) is 17.2 Å². The predicted octanol–water partition coefficient (Wildman–Crippen LogP) is 1.57. The maximum Gasteiger partial charge on any atom is 0.330 e. The van der Waals surface area contributed by atoms with Crippen LogP contribution in [-0.4, -0.2) is 22.0 Å². The molecule has 1 amide bonds. The number of aliphatic carboxylic acids is 1.